The van der Waals surface area contributed by atoms with E-state index in [2.05, 4.69) is 5.32 Å². The van der Waals surface area contributed by atoms with Crippen molar-refractivity contribution in [1.29, 1.82) is 0 Å². The van der Waals surface area contributed by atoms with Gasteiger partial charge in [0.2, 0.25) is 0 Å². The third kappa shape index (κ3) is 5.01. The monoisotopic (exact) mass is 376 g/mol. The van der Waals surface area contributed by atoms with E-state index >= 15 is 0 Å². The second-order valence-electron chi connectivity index (χ2n) is 8.36. The number of nitrogens with one attached hydrogen (secondary N) is 1. The van der Waals surface area contributed by atoms with Gasteiger partial charge in [0.15, 0.2) is 0 Å². The third-order valence-corrected chi connectivity index (χ3v) is 5.29. The molecular weight excluding hydrogens is 344 g/mol. The summed E-state index contributed by atoms with van der Waals surface area (Å²) >= 11 is 0. The number of carbonyl (C=O) groups is 2. The maximum absolute atomic E-state index is 12.5. The topological polar surface area (TPSA) is 78.9 Å². The third-order valence-electron chi connectivity index (χ3n) is 5.29. The Morgan fingerprint density at radius 3 is 2.48 bits per heavy atom. The van der Waals surface area contributed by atoms with Crippen LogP contribution in [-0.4, -0.2) is 46.8 Å². The number of rotatable bonds is 5. The largest absolute Gasteiger partial charge is 0.481 e. The van der Waals surface area contributed by atoms with Gasteiger partial charge in [0.05, 0.1) is 0 Å². The van der Waals surface area contributed by atoms with Crippen molar-refractivity contribution in [3.63, 3.8) is 0 Å². The summed E-state index contributed by atoms with van der Waals surface area (Å²) in [4.78, 5) is 26.3. The van der Waals surface area contributed by atoms with Crippen LogP contribution in [0.4, 0.5) is 4.79 Å². The van der Waals surface area contributed by atoms with Gasteiger partial charge in [-0.25, -0.2) is 4.79 Å². The highest BCUT2D eigenvalue weighted by Gasteiger charge is 2.50. The molecule has 1 saturated heterocycles. The lowest BCUT2D eigenvalue weighted by Crippen LogP contribution is -2.62. The summed E-state index contributed by atoms with van der Waals surface area (Å²) < 4.78 is 5.45. The molecule has 0 saturated carbocycles. The number of piperidine rings is 1. The summed E-state index contributed by atoms with van der Waals surface area (Å²) in [5.41, 5.74) is -0.535. The Labute approximate surface area is 161 Å². The van der Waals surface area contributed by atoms with Crippen LogP contribution in [0.3, 0.4) is 0 Å². The summed E-state index contributed by atoms with van der Waals surface area (Å²) in [5.74, 6) is -0.879. The molecule has 2 N–H and O–H groups in total. The molecule has 1 aliphatic rings. The molecule has 1 aromatic rings. The predicted molar refractivity (Wildman–Crippen MR) is 105 cm³/mol. The Hall–Kier alpha value is -2.08. The molecule has 1 aromatic carbocycles. The van der Waals surface area contributed by atoms with Gasteiger partial charge in [0, 0.05) is 25.2 Å². The minimum absolute atomic E-state index is 0.0227. The SMILES string of the molecule is CC[C@]1(C(=O)O)CN(C(=O)OC(C)(C)C)CC[C@H]1N[C@H](C)c1ccccc1. The zero-order chi connectivity index (χ0) is 20.2. The molecule has 0 aromatic heterocycles. The number of hydrogen-bond acceptors (Lipinski definition) is 4. The molecule has 1 aliphatic heterocycles. The standard InChI is InChI=1S/C21H32N2O4/c1-6-21(18(24)25)14-23(19(26)27-20(3,4)5)13-12-17(21)22-15(2)16-10-8-7-9-11-16/h7-11,15,17,22H,6,12-14H2,1-5H3,(H,24,25)/t15-,17-,21+/m1/s1. The van der Waals surface area contributed by atoms with Crippen LogP contribution in [0.2, 0.25) is 0 Å². The van der Waals surface area contributed by atoms with E-state index < -0.39 is 23.1 Å². The van der Waals surface area contributed by atoms with Crippen LogP contribution in [0, 0.1) is 5.41 Å². The summed E-state index contributed by atoms with van der Waals surface area (Å²) in [6, 6.07) is 9.77. The van der Waals surface area contributed by atoms with E-state index in [1.54, 1.807) is 0 Å². The van der Waals surface area contributed by atoms with Crippen molar-refractivity contribution in [3.05, 3.63) is 35.9 Å². The maximum atomic E-state index is 12.5. The molecule has 2 rings (SSSR count). The van der Waals surface area contributed by atoms with Crippen molar-refractivity contribution in [2.24, 2.45) is 5.41 Å². The average Bonchev–Trinajstić information content (AvgIpc) is 2.61. The highest BCUT2D eigenvalue weighted by Crippen LogP contribution is 2.36. The molecule has 6 heteroatoms. The first-order valence-electron chi connectivity index (χ1n) is 9.61. The Kier molecular flexibility index (Phi) is 6.52. The minimum Gasteiger partial charge on any atom is -0.481 e. The highest BCUT2D eigenvalue weighted by molar-refractivity contribution is 5.78. The van der Waals surface area contributed by atoms with Gasteiger partial charge < -0.3 is 20.1 Å². The van der Waals surface area contributed by atoms with E-state index in [4.69, 9.17) is 4.74 Å². The van der Waals surface area contributed by atoms with Crippen LogP contribution >= 0.6 is 0 Å². The smallest absolute Gasteiger partial charge is 0.410 e. The molecule has 3 atom stereocenters. The lowest BCUT2D eigenvalue weighted by atomic mass is 9.73. The normalized spacial score (nSPS) is 24.3. The number of carboxylic acid groups (broad SMARTS) is 1. The van der Waals surface area contributed by atoms with Crippen molar-refractivity contribution in [2.45, 2.75) is 65.1 Å². The first-order valence-corrected chi connectivity index (χ1v) is 9.61. The first kappa shape index (κ1) is 21.2. The number of nitrogens with zero attached hydrogens (tertiary/aromatic N) is 1. The number of ether oxygens (including phenoxy) is 1. The molecule has 0 aliphatic carbocycles. The number of carboxylic acids is 1. The fourth-order valence-electron chi connectivity index (χ4n) is 3.68. The number of benzene rings is 1. The van der Waals surface area contributed by atoms with Gasteiger partial charge in [-0.2, -0.15) is 0 Å². The summed E-state index contributed by atoms with van der Waals surface area (Å²) in [5, 5.41) is 13.6. The quantitative estimate of drug-likeness (QED) is 0.816. The lowest BCUT2D eigenvalue weighted by Gasteiger charge is -2.46. The second-order valence-corrected chi connectivity index (χ2v) is 8.36. The van der Waals surface area contributed by atoms with E-state index in [-0.39, 0.29) is 18.6 Å². The number of hydrogen-bond donors (Lipinski definition) is 2. The molecule has 1 amide bonds. The summed E-state index contributed by atoms with van der Waals surface area (Å²) in [6.45, 7) is 9.96. The molecule has 0 radical (unpaired) electrons. The van der Waals surface area contributed by atoms with Crippen molar-refractivity contribution >= 4 is 12.1 Å². The van der Waals surface area contributed by atoms with Gasteiger partial charge in [-0.1, -0.05) is 37.3 Å². The van der Waals surface area contributed by atoms with Crippen LogP contribution in [-0.2, 0) is 9.53 Å². The van der Waals surface area contributed by atoms with E-state index in [1.165, 1.54) is 4.90 Å². The molecular formula is C21H32N2O4. The predicted octanol–water partition coefficient (Wildman–Crippen LogP) is 3.83. The molecule has 0 bridgehead atoms. The van der Waals surface area contributed by atoms with Crippen LogP contribution in [0.15, 0.2) is 30.3 Å². The average molecular weight is 376 g/mol. The van der Waals surface area contributed by atoms with Crippen molar-refractivity contribution in [3.8, 4) is 0 Å². The van der Waals surface area contributed by atoms with Gasteiger partial charge in [-0.05, 0) is 46.1 Å². The van der Waals surface area contributed by atoms with Gasteiger partial charge in [0.25, 0.3) is 0 Å². The van der Waals surface area contributed by atoms with Gasteiger partial charge in [0.1, 0.15) is 11.0 Å². The van der Waals surface area contributed by atoms with E-state index in [0.717, 1.165) is 5.56 Å². The molecule has 6 nitrogen and oxygen atoms in total. The molecule has 0 spiro atoms. The number of amides is 1. The molecule has 150 valence electrons. The highest BCUT2D eigenvalue weighted by atomic mass is 16.6. The van der Waals surface area contributed by atoms with Crippen LogP contribution in [0.5, 0.6) is 0 Å². The Morgan fingerprint density at radius 1 is 1.33 bits per heavy atom. The minimum atomic E-state index is -1.04. The van der Waals surface area contributed by atoms with E-state index in [0.29, 0.717) is 19.4 Å². The molecule has 0 unspecified atom stereocenters. The Morgan fingerprint density at radius 2 is 1.96 bits per heavy atom. The lowest BCUT2D eigenvalue weighted by molar-refractivity contribution is -0.155. The summed E-state index contributed by atoms with van der Waals surface area (Å²) in [6.07, 6.45) is 0.549. The van der Waals surface area contributed by atoms with Crippen molar-refractivity contribution < 1.29 is 19.4 Å². The number of aliphatic carboxylic acids is 1. The number of carbonyl (C=O) groups excluding carboxylic acids is 1. The zero-order valence-corrected chi connectivity index (χ0v) is 17.0. The van der Waals surface area contributed by atoms with Gasteiger partial charge >= 0.3 is 12.1 Å². The van der Waals surface area contributed by atoms with Gasteiger partial charge in [-0.3, -0.25) is 4.79 Å². The van der Waals surface area contributed by atoms with Crippen LogP contribution < -0.4 is 5.32 Å². The van der Waals surface area contributed by atoms with E-state index in [9.17, 15) is 14.7 Å². The second kappa shape index (κ2) is 8.30. The maximum Gasteiger partial charge on any atom is 0.410 e. The summed E-state index contributed by atoms with van der Waals surface area (Å²) in [7, 11) is 0. The van der Waals surface area contributed by atoms with Crippen LogP contribution in [0.1, 0.15) is 59.1 Å². The Bertz CT molecular complexity index is 656. The molecule has 27 heavy (non-hydrogen) atoms. The fraction of sp³-hybridized carbons (Fsp3) is 0.619. The fourth-order valence-corrected chi connectivity index (χ4v) is 3.68. The molecule has 1 fully saturated rings. The van der Waals surface area contributed by atoms with Gasteiger partial charge in [-0.15, -0.1) is 0 Å². The molecule has 1 heterocycles. The number of likely N-dealkylation sites (tertiary alicyclic amines) is 1. The van der Waals surface area contributed by atoms with E-state index in [1.807, 2.05) is 65.0 Å². The first-order chi connectivity index (χ1) is 12.6. The van der Waals surface area contributed by atoms with Crippen molar-refractivity contribution in [2.75, 3.05) is 13.1 Å². The Balaban J connectivity index is 2.19. The zero-order valence-electron chi connectivity index (χ0n) is 17.0. The van der Waals surface area contributed by atoms with Crippen LogP contribution in [0.25, 0.3) is 0 Å². The van der Waals surface area contributed by atoms with Crippen molar-refractivity contribution in [1.82, 2.24) is 10.2 Å².